The first-order valence-corrected chi connectivity index (χ1v) is 8.29. The van der Waals surface area contributed by atoms with Crippen molar-refractivity contribution in [2.75, 3.05) is 0 Å². The second-order valence-corrected chi connectivity index (χ2v) is 6.31. The van der Waals surface area contributed by atoms with Crippen molar-refractivity contribution in [3.8, 4) is 11.3 Å². The maximum atomic E-state index is 12.7. The normalized spacial score (nSPS) is 12.3. The summed E-state index contributed by atoms with van der Waals surface area (Å²) in [5, 5.41) is 15.8. The van der Waals surface area contributed by atoms with Crippen LogP contribution in [0.25, 0.3) is 11.3 Å². The highest BCUT2D eigenvalue weighted by Gasteiger charge is 2.21. The molecule has 2 heterocycles. The Kier molecular flexibility index (Phi) is 4.92. The standard InChI is InChI=1S/C18H22N6O/c1-13(2)16(12-24-19-9-10-20-24)21-18(25)17-11-15(22-23(17)3)14-7-5-4-6-8-14/h4-11,13,16H,12H2,1-3H3,(H,21,25). The van der Waals surface area contributed by atoms with Gasteiger partial charge in [0.25, 0.3) is 5.91 Å². The minimum Gasteiger partial charge on any atom is -0.346 e. The number of benzene rings is 1. The van der Waals surface area contributed by atoms with Crippen molar-refractivity contribution < 1.29 is 4.79 Å². The number of aryl methyl sites for hydroxylation is 1. The van der Waals surface area contributed by atoms with Gasteiger partial charge in [-0.15, -0.1) is 0 Å². The zero-order valence-electron chi connectivity index (χ0n) is 14.6. The molecule has 0 fully saturated rings. The van der Waals surface area contributed by atoms with Crippen LogP contribution >= 0.6 is 0 Å². The summed E-state index contributed by atoms with van der Waals surface area (Å²) in [6, 6.07) is 11.6. The number of hydrogen-bond donors (Lipinski definition) is 1. The van der Waals surface area contributed by atoms with Gasteiger partial charge in [0.05, 0.1) is 30.7 Å². The maximum Gasteiger partial charge on any atom is 0.269 e. The highest BCUT2D eigenvalue weighted by atomic mass is 16.2. The molecule has 1 unspecified atom stereocenters. The Morgan fingerprint density at radius 2 is 1.84 bits per heavy atom. The number of amides is 1. The van der Waals surface area contributed by atoms with Crippen LogP contribution in [0.4, 0.5) is 0 Å². The fourth-order valence-electron chi connectivity index (χ4n) is 2.61. The molecule has 1 atom stereocenters. The predicted molar refractivity (Wildman–Crippen MR) is 94.8 cm³/mol. The first kappa shape index (κ1) is 16.9. The molecule has 0 saturated carbocycles. The number of hydrogen-bond acceptors (Lipinski definition) is 4. The molecule has 130 valence electrons. The lowest BCUT2D eigenvalue weighted by Gasteiger charge is -2.21. The van der Waals surface area contributed by atoms with Crippen LogP contribution in [0.1, 0.15) is 24.3 Å². The van der Waals surface area contributed by atoms with Gasteiger partial charge in [0.1, 0.15) is 5.69 Å². The van der Waals surface area contributed by atoms with E-state index in [9.17, 15) is 4.79 Å². The maximum absolute atomic E-state index is 12.7. The van der Waals surface area contributed by atoms with Gasteiger partial charge in [-0.2, -0.15) is 20.1 Å². The van der Waals surface area contributed by atoms with Gasteiger partial charge in [0.15, 0.2) is 0 Å². The van der Waals surface area contributed by atoms with Gasteiger partial charge in [-0.25, -0.2) is 0 Å². The van der Waals surface area contributed by atoms with Crippen LogP contribution in [-0.4, -0.2) is 36.7 Å². The van der Waals surface area contributed by atoms with Crippen LogP contribution in [0.15, 0.2) is 48.8 Å². The Bertz CT molecular complexity index is 823. The Morgan fingerprint density at radius 1 is 1.16 bits per heavy atom. The smallest absolute Gasteiger partial charge is 0.269 e. The van der Waals surface area contributed by atoms with Gasteiger partial charge < -0.3 is 5.32 Å². The molecule has 0 saturated heterocycles. The number of nitrogens with one attached hydrogen (secondary N) is 1. The van der Waals surface area contributed by atoms with E-state index in [0.29, 0.717) is 12.2 Å². The average Bonchev–Trinajstić information content (AvgIpc) is 3.24. The molecule has 0 spiro atoms. The zero-order valence-corrected chi connectivity index (χ0v) is 14.6. The summed E-state index contributed by atoms with van der Waals surface area (Å²) in [7, 11) is 1.78. The highest BCUT2D eigenvalue weighted by molar-refractivity contribution is 5.93. The minimum atomic E-state index is -0.150. The predicted octanol–water partition coefficient (Wildman–Crippen LogP) is 2.13. The molecule has 0 aliphatic heterocycles. The summed E-state index contributed by atoms with van der Waals surface area (Å²) in [6.45, 7) is 4.65. The molecule has 1 N–H and O–H groups in total. The average molecular weight is 338 g/mol. The fraction of sp³-hybridized carbons (Fsp3) is 0.333. The van der Waals surface area contributed by atoms with Crippen LogP contribution < -0.4 is 5.32 Å². The van der Waals surface area contributed by atoms with E-state index in [2.05, 4.69) is 34.5 Å². The molecule has 25 heavy (non-hydrogen) atoms. The minimum absolute atomic E-state index is 0.0741. The third-order valence-corrected chi connectivity index (χ3v) is 4.13. The van der Waals surface area contributed by atoms with Crippen molar-refractivity contribution in [2.45, 2.75) is 26.4 Å². The summed E-state index contributed by atoms with van der Waals surface area (Å²) < 4.78 is 1.61. The van der Waals surface area contributed by atoms with Gasteiger partial charge in [0, 0.05) is 12.6 Å². The molecule has 3 rings (SSSR count). The fourth-order valence-corrected chi connectivity index (χ4v) is 2.61. The largest absolute Gasteiger partial charge is 0.346 e. The lowest BCUT2D eigenvalue weighted by atomic mass is 10.0. The van der Waals surface area contributed by atoms with Crippen LogP contribution in [-0.2, 0) is 13.6 Å². The van der Waals surface area contributed by atoms with Crippen LogP contribution in [0.3, 0.4) is 0 Å². The molecule has 7 nitrogen and oxygen atoms in total. The van der Waals surface area contributed by atoms with E-state index in [1.165, 1.54) is 0 Å². The molecule has 0 radical (unpaired) electrons. The van der Waals surface area contributed by atoms with E-state index < -0.39 is 0 Å². The zero-order chi connectivity index (χ0) is 17.8. The van der Waals surface area contributed by atoms with E-state index in [0.717, 1.165) is 11.3 Å². The summed E-state index contributed by atoms with van der Waals surface area (Å²) in [5.41, 5.74) is 2.29. The van der Waals surface area contributed by atoms with Crippen molar-refractivity contribution in [2.24, 2.45) is 13.0 Å². The number of nitrogens with zero attached hydrogens (tertiary/aromatic N) is 5. The number of carbonyl (C=O) groups excluding carboxylic acids is 1. The molecule has 0 aliphatic carbocycles. The molecule has 0 aliphatic rings. The molecule has 3 aromatic rings. The van der Waals surface area contributed by atoms with Crippen molar-refractivity contribution in [1.82, 2.24) is 30.1 Å². The second kappa shape index (κ2) is 7.29. The SMILES string of the molecule is CC(C)C(Cn1nccn1)NC(=O)c1cc(-c2ccccc2)nn1C. The molecule has 2 aromatic heterocycles. The van der Waals surface area contributed by atoms with Crippen molar-refractivity contribution >= 4 is 5.91 Å². The van der Waals surface area contributed by atoms with E-state index >= 15 is 0 Å². The van der Waals surface area contributed by atoms with Crippen molar-refractivity contribution in [3.05, 3.63) is 54.5 Å². The Balaban J connectivity index is 1.77. The van der Waals surface area contributed by atoms with Crippen LogP contribution in [0, 0.1) is 5.92 Å². The molecule has 1 aromatic carbocycles. The topological polar surface area (TPSA) is 77.6 Å². The molecule has 7 heteroatoms. The van der Waals surface area contributed by atoms with Crippen LogP contribution in [0.5, 0.6) is 0 Å². The first-order valence-electron chi connectivity index (χ1n) is 8.29. The number of carbonyl (C=O) groups is 1. The lowest BCUT2D eigenvalue weighted by Crippen LogP contribution is -2.42. The Hall–Kier alpha value is -2.96. The summed E-state index contributed by atoms with van der Waals surface area (Å²) in [4.78, 5) is 14.3. The second-order valence-electron chi connectivity index (χ2n) is 6.31. The summed E-state index contributed by atoms with van der Waals surface area (Å²) in [6.07, 6.45) is 3.26. The van der Waals surface area contributed by atoms with Gasteiger partial charge in [-0.1, -0.05) is 44.2 Å². The van der Waals surface area contributed by atoms with Crippen molar-refractivity contribution in [1.29, 1.82) is 0 Å². The van der Waals surface area contributed by atoms with Gasteiger partial charge in [-0.05, 0) is 12.0 Å². The van der Waals surface area contributed by atoms with Gasteiger partial charge in [-0.3, -0.25) is 9.48 Å². The molecule has 1 amide bonds. The number of aromatic nitrogens is 5. The first-order chi connectivity index (χ1) is 12.0. The summed E-state index contributed by atoms with van der Waals surface area (Å²) >= 11 is 0. The lowest BCUT2D eigenvalue weighted by molar-refractivity contribution is 0.0908. The Morgan fingerprint density at radius 3 is 2.48 bits per heavy atom. The number of rotatable bonds is 6. The Labute approximate surface area is 146 Å². The third-order valence-electron chi connectivity index (χ3n) is 4.13. The molecular weight excluding hydrogens is 316 g/mol. The van der Waals surface area contributed by atoms with Gasteiger partial charge in [0.2, 0.25) is 0 Å². The van der Waals surface area contributed by atoms with Crippen molar-refractivity contribution in [3.63, 3.8) is 0 Å². The van der Waals surface area contributed by atoms with E-state index in [4.69, 9.17) is 0 Å². The quantitative estimate of drug-likeness (QED) is 0.747. The van der Waals surface area contributed by atoms with E-state index in [1.807, 2.05) is 36.4 Å². The van der Waals surface area contributed by atoms with Gasteiger partial charge >= 0.3 is 0 Å². The van der Waals surface area contributed by atoms with E-state index in [1.54, 1.807) is 28.9 Å². The molecule has 0 bridgehead atoms. The highest BCUT2D eigenvalue weighted by Crippen LogP contribution is 2.18. The third kappa shape index (κ3) is 3.93. The monoisotopic (exact) mass is 338 g/mol. The molecular formula is C18H22N6O. The van der Waals surface area contributed by atoms with Crippen LogP contribution in [0.2, 0.25) is 0 Å². The summed E-state index contributed by atoms with van der Waals surface area (Å²) in [5.74, 6) is 0.0970. The van der Waals surface area contributed by atoms with E-state index in [-0.39, 0.29) is 17.9 Å².